The van der Waals surface area contributed by atoms with Gasteiger partial charge in [0.1, 0.15) is 11.8 Å². The number of H-pyrrole nitrogens is 1. The highest BCUT2D eigenvalue weighted by Gasteiger charge is 2.26. The molecular weight excluding hydrogens is 226 g/mol. The molecule has 2 heterocycles. The first-order valence-electron chi connectivity index (χ1n) is 6.64. The SMILES string of the molecule is CC1CCC(Nc2ncnc3nc[nH]c23)C(C)C1. The molecule has 1 aliphatic carbocycles. The number of fused-ring (bicyclic) bond motifs is 1. The number of imidazole rings is 1. The number of rotatable bonds is 2. The van der Waals surface area contributed by atoms with Crippen LogP contribution in [0.2, 0.25) is 0 Å². The molecule has 0 radical (unpaired) electrons. The number of hydrogen-bond acceptors (Lipinski definition) is 4. The van der Waals surface area contributed by atoms with Gasteiger partial charge in [-0.15, -0.1) is 0 Å². The van der Waals surface area contributed by atoms with Gasteiger partial charge in [-0.1, -0.05) is 13.8 Å². The molecule has 3 unspecified atom stereocenters. The van der Waals surface area contributed by atoms with E-state index >= 15 is 0 Å². The van der Waals surface area contributed by atoms with Crippen LogP contribution in [0.5, 0.6) is 0 Å². The highest BCUT2D eigenvalue weighted by molar-refractivity contribution is 5.82. The molecule has 2 aromatic rings. The molecule has 1 aliphatic rings. The number of hydrogen-bond donors (Lipinski definition) is 2. The normalized spacial score (nSPS) is 28.4. The first-order valence-corrected chi connectivity index (χ1v) is 6.64. The van der Waals surface area contributed by atoms with Crippen molar-refractivity contribution in [3.8, 4) is 0 Å². The predicted octanol–water partition coefficient (Wildman–Crippen LogP) is 2.59. The van der Waals surface area contributed by atoms with E-state index in [1.54, 1.807) is 12.7 Å². The van der Waals surface area contributed by atoms with Crippen molar-refractivity contribution in [3.63, 3.8) is 0 Å². The molecule has 0 aliphatic heterocycles. The van der Waals surface area contributed by atoms with Crippen LogP contribution in [0.25, 0.3) is 11.2 Å². The van der Waals surface area contributed by atoms with Crippen molar-refractivity contribution in [3.05, 3.63) is 12.7 Å². The minimum atomic E-state index is 0.502. The molecule has 2 N–H and O–H groups in total. The summed E-state index contributed by atoms with van der Waals surface area (Å²) in [5.41, 5.74) is 1.63. The Morgan fingerprint density at radius 3 is 2.94 bits per heavy atom. The molecule has 5 nitrogen and oxygen atoms in total. The Labute approximate surface area is 106 Å². The molecule has 5 heteroatoms. The van der Waals surface area contributed by atoms with Crippen molar-refractivity contribution < 1.29 is 0 Å². The van der Waals surface area contributed by atoms with Crippen LogP contribution >= 0.6 is 0 Å². The first kappa shape index (κ1) is 11.4. The lowest BCUT2D eigenvalue weighted by Crippen LogP contribution is -2.33. The predicted molar refractivity (Wildman–Crippen MR) is 71.3 cm³/mol. The summed E-state index contributed by atoms with van der Waals surface area (Å²) in [5, 5.41) is 3.56. The standard InChI is InChI=1S/C13H19N5/c1-8-3-4-10(9(2)5-8)18-13-11-12(15-6-14-11)16-7-17-13/h6-10H,3-5H2,1-2H3,(H2,14,15,16,17,18). The fraction of sp³-hybridized carbons (Fsp3) is 0.615. The van der Waals surface area contributed by atoms with Crippen LogP contribution in [-0.2, 0) is 0 Å². The third-order valence-electron chi connectivity index (χ3n) is 3.98. The highest BCUT2D eigenvalue weighted by Crippen LogP contribution is 2.31. The van der Waals surface area contributed by atoms with E-state index in [0.717, 1.165) is 22.9 Å². The van der Waals surface area contributed by atoms with Crippen LogP contribution in [0.15, 0.2) is 12.7 Å². The Hall–Kier alpha value is -1.65. The third-order valence-corrected chi connectivity index (χ3v) is 3.98. The Kier molecular flexibility index (Phi) is 2.89. The fourth-order valence-corrected chi connectivity index (χ4v) is 2.93. The Morgan fingerprint density at radius 2 is 2.11 bits per heavy atom. The van der Waals surface area contributed by atoms with Gasteiger partial charge in [-0.3, -0.25) is 0 Å². The largest absolute Gasteiger partial charge is 0.365 e. The highest BCUT2D eigenvalue weighted by atomic mass is 15.1. The summed E-state index contributed by atoms with van der Waals surface area (Å²) in [5.74, 6) is 2.40. The second-order valence-corrected chi connectivity index (χ2v) is 5.47. The number of nitrogens with one attached hydrogen (secondary N) is 2. The average molecular weight is 245 g/mol. The number of aromatic amines is 1. The van der Waals surface area contributed by atoms with Crippen LogP contribution in [-0.4, -0.2) is 26.0 Å². The third kappa shape index (κ3) is 2.05. The number of anilines is 1. The van der Waals surface area contributed by atoms with E-state index < -0.39 is 0 Å². The topological polar surface area (TPSA) is 66.5 Å². The molecule has 0 spiro atoms. The molecule has 0 bridgehead atoms. The van der Waals surface area contributed by atoms with Gasteiger partial charge >= 0.3 is 0 Å². The molecule has 0 amide bonds. The molecular formula is C13H19N5. The zero-order valence-corrected chi connectivity index (χ0v) is 10.8. The van der Waals surface area contributed by atoms with Gasteiger partial charge in [-0.25, -0.2) is 15.0 Å². The lowest BCUT2D eigenvalue weighted by atomic mass is 9.80. The van der Waals surface area contributed by atoms with Crippen LogP contribution in [0.1, 0.15) is 33.1 Å². The first-order chi connectivity index (χ1) is 8.74. The maximum Gasteiger partial charge on any atom is 0.182 e. The molecule has 18 heavy (non-hydrogen) atoms. The zero-order valence-electron chi connectivity index (χ0n) is 10.8. The van der Waals surface area contributed by atoms with Crippen molar-refractivity contribution in [1.82, 2.24) is 19.9 Å². The molecule has 3 atom stereocenters. The van der Waals surface area contributed by atoms with E-state index in [0.29, 0.717) is 12.0 Å². The van der Waals surface area contributed by atoms with Gasteiger partial charge in [-0.05, 0) is 31.1 Å². The molecule has 2 aromatic heterocycles. The van der Waals surface area contributed by atoms with E-state index in [1.807, 2.05) is 0 Å². The minimum absolute atomic E-state index is 0.502. The summed E-state index contributed by atoms with van der Waals surface area (Å²) in [7, 11) is 0. The number of aromatic nitrogens is 4. The van der Waals surface area contributed by atoms with Crippen molar-refractivity contribution in [1.29, 1.82) is 0 Å². The molecule has 0 saturated heterocycles. The van der Waals surface area contributed by atoms with Crippen molar-refractivity contribution in [2.24, 2.45) is 11.8 Å². The molecule has 3 rings (SSSR count). The van der Waals surface area contributed by atoms with E-state index in [4.69, 9.17) is 0 Å². The summed E-state index contributed by atoms with van der Waals surface area (Å²) in [6.07, 6.45) is 7.02. The molecule has 1 saturated carbocycles. The maximum atomic E-state index is 4.33. The Balaban J connectivity index is 1.82. The second kappa shape index (κ2) is 4.55. The van der Waals surface area contributed by atoms with Gasteiger partial charge in [0.25, 0.3) is 0 Å². The molecule has 0 aromatic carbocycles. The lowest BCUT2D eigenvalue weighted by Gasteiger charge is -2.33. The van der Waals surface area contributed by atoms with Crippen molar-refractivity contribution in [2.75, 3.05) is 5.32 Å². The van der Waals surface area contributed by atoms with Gasteiger partial charge in [-0.2, -0.15) is 0 Å². The lowest BCUT2D eigenvalue weighted by molar-refractivity contribution is 0.276. The fourth-order valence-electron chi connectivity index (χ4n) is 2.93. The van der Waals surface area contributed by atoms with Crippen molar-refractivity contribution >= 4 is 17.0 Å². The molecule has 96 valence electrons. The van der Waals surface area contributed by atoms with Crippen LogP contribution < -0.4 is 5.32 Å². The summed E-state index contributed by atoms with van der Waals surface area (Å²) in [6.45, 7) is 4.66. The smallest absolute Gasteiger partial charge is 0.182 e. The summed E-state index contributed by atoms with van der Waals surface area (Å²) in [6, 6.07) is 0.502. The van der Waals surface area contributed by atoms with Crippen LogP contribution in [0.4, 0.5) is 5.82 Å². The van der Waals surface area contributed by atoms with Gasteiger partial charge < -0.3 is 10.3 Å². The number of nitrogens with zero attached hydrogens (tertiary/aromatic N) is 3. The van der Waals surface area contributed by atoms with Crippen LogP contribution in [0.3, 0.4) is 0 Å². The summed E-state index contributed by atoms with van der Waals surface area (Å²) >= 11 is 0. The average Bonchev–Trinajstić information content (AvgIpc) is 2.82. The zero-order chi connectivity index (χ0) is 12.5. The summed E-state index contributed by atoms with van der Waals surface area (Å²) in [4.78, 5) is 15.7. The second-order valence-electron chi connectivity index (χ2n) is 5.47. The van der Waals surface area contributed by atoms with Gasteiger partial charge in [0.2, 0.25) is 0 Å². The van der Waals surface area contributed by atoms with Crippen molar-refractivity contribution in [2.45, 2.75) is 39.2 Å². The van der Waals surface area contributed by atoms with Crippen LogP contribution in [0, 0.1) is 11.8 Å². The minimum Gasteiger partial charge on any atom is -0.365 e. The summed E-state index contributed by atoms with van der Waals surface area (Å²) < 4.78 is 0. The quantitative estimate of drug-likeness (QED) is 0.853. The van der Waals surface area contributed by atoms with Gasteiger partial charge in [0, 0.05) is 6.04 Å². The maximum absolute atomic E-state index is 4.33. The monoisotopic (exact) mass is 245 g/mol. The van der Waals surface area contributed by atoms with E-state index in [2.05, 4.69) is 39.1 Å². The molecule has 1 fully saturated rings. The van der Waals surface area contributed by atoms with E-state index in [9.17, 15) is 0 Å². The van der Waals surface area contributed by atoms with Gasteiger partial charge in [0.05, 0.1) is 6.33 Å². The Morgan fingerprint density at radius 1 is 1.22 bits per heavy atom. The van der Waals surface area contributed by atoms with E-state index in [-0.39, 0.29) is 0 Å². The Bertz CT molecular complexity index is 535. The van der Waals surface area contributed by atoms with E-state index in [1.165, 1.54) is 19.3 Å². The van der Waals surface area contributed by atoms with Gasteiger partial charge in [0.15, 0.2) is 11.5 Å².